The van der Waals surface area contributed by atoms with E-state index in [1.54, 1.807) is 13.0 Å². The monoisotopic (exact) mass is 356 g/mol. The topological polar surface area (TPSA) is 66.9 Å². The Morgan fingerprint density at radius 2 is 2.04 bits per heavy atom. The molecule has 0 bridgehead atoms. The lowest BCUT2D eigenvalue weighted by molar-refractivity contribution is -0.144. The van der Waals surface area contributed by atoms with E-state index in [1.807, 2.05) is 6.92 Å². The van der Waals surface area contributed by atoms with Crippen molar-refractivity contribution in [2.45, 2.75) is 45.1 Å². The molecular formula is C17H25ClN2O4. The highest BCUT2D eigenvalue weighted by molar-refractivity contribution is 6.29. The molecule has 1 unspecified atom stereocenters. The summed E-state index contributed by atoms with van der Waals surface area (Å²) in [6, 6.07) is -0.386. The van der Waals surface area contributed by atoms with Crippen LogP contribution < -0.4 is 0 Å². The first kappa shape index (κ1) is 20.2. The summed E-state index contributed by atoms with van der Waals surface area (Å²) in [6.45, 7) is 11.7. The molecule has 6 nitrogen and oxygen atoms in total. The van der Waals surface area contributed by atoms with Crippen LogP contribution in [0.3, 0.4) is 0 Å². The van der Waals surface area contributed by atoms with Gasteiger partial charge in [-0.3, -0.25) is 14.5 Å². The van der Waals surface area contributed by atoms with Crippen LogP contribution in [-0.4, -0.2) is 52.9 Å². The molecule has 1 heterocycles. The molecule has 1 aliphatic rings. The highest BCUT2D eigenvalue weighted by Gasteiger charge is 2.56. The molecule has 1 saturated heterocycles. The molecule has 7 heteroatoms. The zero-order chi connectivity index (χ0) is 18.3. The second kappa shape index (κ2) is 8.87. The smallest absolute Gasteiger partial charge is 0.327 e. The minimum atomic E-state index is -1.22. The van der Waals surface area contributed by atoms with Crippen LogP contribution in [0.25, 0.3) is 0 Å². The van der Waals surface area contributed by atoms with E-state index < -0.39 is 11.5 Å². The third kappa shape index (κ3) is 4.17. The molecule has 1 atom stereocenters. The van der Waals surface area contributed by atoms with E-state index in [2.05, 4.69) is 13.2 Å². The van der Waals surface area contributed by atoms with Crippen LogP contribution in [0.15, 0.2) is 24.3 Å². The van der Waals surface area contributed by atoms with Crippen molar-refractivity contribution in [2.24, 2.45) is 0 Å². The molecule has 0 saturated carbocycles. The number of amides is 3. The molecule has 0 aromatic rings. The zero-order valence-electron chi connectivity index (χ0n) is 14.3. The van der Waals surface area contributed by atoms with Crippen LogP contribution in [0.4, 0.5) is 4.79 Å². The molecule has 134 valence electrons. The maximum absolute atomic E-state index is 13.0. The molecule has 0 N–H and O–H groups in total. The van der Waals surface area contributed by atoms with Crippen molar-refractivity contribution in [1.29, 1.82) is 0 Å². The number of halogens is 1. The van der Waals surface area contributed by atoms with E-state index in [9.17, 15) is 14.4 Å². The van der Waals surface area contributed by atoms with Crippen molar-refractivity contribution >= 4 is 29.5 Å². The predicted octanol–water partition coefficient (Wildman–Crippen LogP) is 3.07. The van der Waals surface area contributed by atoms with E-state index in [-0.39, 0.29) is 49.4 Å². The SMILES string of the molecule is C=CCN1C(=O)N(CCC)C(=O)C1(CCC(=O)OCC)CC(=C)Cl. The Hall–Kier alpha value is -1.82. The Bertz CT molecular complexity index is 535. The van der Waals surface area contributed by atoms with Gasteiger partial charge in [-0.15, -0.1) is 6.58 Å². The molecule has 0 aromatic heterocycles. The normalized spacial score (nSPS) is 20.5. The predicted molar refractivity (Wildman–Crippen MR) is 92.5 cm³/mol. The van der Waals surface area contributed by atoms with E-state index in [4.69, 9.17) is 16.3 Å². The highest BCUT2D eigenvalue weighted by Crippen LogP contribution is 2.38. The van der Waals surface area contributed by atoms with E-state index >= 15 is 0 Å². The molecule has 0 aromatic carbocycles. The first-order chi connectivity index (χ1) is 11.3. The Balaban J connectivity index is 3.21. The Labute approximate surface area is 148 Å². The van der Waals surface area contributed by atoms with Gasteiger partial charge < -0.3 is 9.64 Å². The Kier molecular flexibility index (Phi) is 7.48. The quantitative estimate of drug-likeness (QED) is 0.343. The summed E-state index contributed by atoms with van der Waals surface area (Å²) in [6.07, 6.45) is 2.44. The lowest BCUT2D eigenvalue weighted by atomic mass is 9.87. The van der Waals surface area contributed by atoms with Crippen LogP contribution in [0, 0.1) is 0 Å². The summed E-state index contributed by atoms with van der Waals surface area (Å²) < 4.78 is 4.94. The van der Waals surface area contributed by atoms with Crippen LogP contribution >= 0.6 is 11.6 Å². The molecule has 24 heavy (non-hydrogen) atoms. The summed E-state index contributed by atoms with van der Waals surface area (Å²) in [5, 5.41) is 0.257. The van der Waals surface area contributed by atoms with Gasteiger partial charge in [0.2, 0.25) is 0 Å². The minimum Gasteiger partial charge on any atom is -0.466 e. The number of esters is 1. The van der Waals surface area contributed by atoms with E-state index in [0.29, 0.717) is 13.0 Å². The molecule has 0 spiro atoms. The van der Waals surface area contributed by atoms with Crippen LogP contribution in [0.5, 0.6) is 0 Å². The summed E-state index contributed by atoms with van der Waals surface area (Å²) in [5.41, 5.74) is -1.22. The molecule has 1 fully saturated rings. The second-order valence-electron chi connectivity index (χ2n) is 5.67. The van der Waals surface area contributed by atoms with Gasteiger partial charge in [-0.2, -0.15) is 0 Å². The fraction of sp³-hybridized carbons (Fsp3) is 0.588. The van der Waals surface area contributed by atoms with Gasteiger partial charge in [-0.25, -0.2) is 4.79 Å². The third-order valence-corrected chi connectivity index (χ3v) is 4.05. The van der Waals surface area contributed by atoms with Crippen LogP contribution in [0.2, 0.25) is 0 Å². The van der Waals surface area contributed by atoms with Crippen LogP contribution in [0.1, 0.15) is 39.5 Å². The van der Waals surface area contributed by atoms with Crippen molar-refractivity contribution in [3.63, 3.8) is 0 Å². The number of hydrogen-bond acceptors (Lipinski definition) is 4. The van der Waals surface area contributed by atoms with Gasteiger partial charge in [0, 0.05) is 31.0 Å². The summed E-state index contributed by atoms with van der Waals surface area (Å²) in [5.74, 6) is -0.757. The standard InChI is InChI=1S/C17H25ClN2O4/c1-5-10-19-15(22)17(12-13(4)18,9-8-14(21)24-7-3)20(11-6-2)16(19)23/h6H,2,4-5,7-12H2,1,3H3. The van der Waals surface area contributed by atoms with Gasteiger partial charge in [0.05, 0.1) is 6.61 Å². The minimum absolute atomic E-state index is 0.0185. The van der Waals surface area contributed by atoms with Crippen molar-refractivity contribution < 1.29 is 19.1 Å². The molecule has 1 rings (SSSR count). The van der Waals surface area contributed by atoms with E-state index in [0.717, 1.165) is 0 Å². The zero-order valence-corrected chi connectivity index (χ0v) is 15.1. The largest absolute Gasteiger partial charge is 0.466 e. The molecule has 1 aliphatic heterocycles. The Morgan fingerprint density at radius 1 is 1.38 bits per heavy atom. The number of carbonyl (C=O) groups is 3. The first-order valence-corrected chi connectivity index (χ1v) is 8.45. The number of imide groups is 1. The van der Waals surface area contributed by atoms with Crippen molar-refractivity contribution in [3.8, 4) is 0 Å². The maximum Gasteiger partial charge on any atom is 0.327 e. The number of rotatable bonds is 10. The summed E-state index contributed by atoms with van der Waals surface area (Å²) >= 11 is 5.98. The highest BCUT2D eigenvalue weighted by atomic mass is 35.5. The van der Waals surface area contributed by atoms with Gasteiger partial charge in [0.15, 0.2) is 0 Å². The fourth-order valence-electron chi connectivity index (χ4n) is 2.95. The van der Waals surface area contributed by atoms with Gasteiger partial charge in [-0.05, 0) is 19.8 Å². The van der Waals surface area contributed by atoms with Gasteiger partial charge in [0.1, 0.15) is 5.54 Å². The van der Waals surface area contributed by atoms with Gasteiger partial charge in [-0.1, -0.05) is 31.2 Å². The maximum atomic E-state index is 13.0. The number of carbonyl (C=O) groups excluding carboxylic acids is 3. The van der Waals surface area contributed by atoms with Gasteiger partial charge in [0.25, 0.3) is 5.91 Å². The van der Waals surface area contributed by atoms with Crippen molar-refractivity contribution in [1.82, 2.24) is 9.80 Å². The average molecular weight is 357 g/mol. The average Bonchev–Trinajstić information content (AvgIpc) is 2.69. The number of ether oxygens (including phenoxy) is 1. The molecular weight excluding hydrogens is 332 g/mol. The third-order valence-electron chi connectivity index (χ3n) is 3.91. The number of urea groups is 1. The van der Waals surface area contributed by atoms with E-state index in [1.165, 1.54) is 9.80 Å². The van der Waals surface area contributed by atoms with Crippen molar-refractivity contribution in [3.05, 3.63) is 24.3 Å². The number of nitrogens with zero attached hydrogens (tertiary/aromatic N) is 2. The van der Waals surface area contributed by atoms with Gasteiger partial charge >= 0.3 is 12.0 Å². The summed E-state index contributed by atoms with van der Waals surface area (Å²) in [7, 11) is 0. The second-order valence-corrected chi connectivity index (χ2v) is 6.20. The number of hydrogen-bond donors (Lipinski definition) is 0. The lowest BCUT2D eigenvalue weighted by Gasteiger charge is -2.34. The summed E-state index contributed by atoms with van der Waals surface area (Å²) in [4.78, 5) is 40.1. The van der Waals surface area contributed by atoms with Crippen LogP contribution in [-0.2, 0) is 14.3 Å². The first-order valence-electron chi connectivity index (χ1n) is 8.07. The fourth-order valence-corrected chi connectivity index (χ4v) is 3.17. The Morgan fingerprint density at radius 3 is 2.54 bits per heavy atom. The molecule has 0 radical (unpaired) electrons. The molecule has 0 aliphatic carbocycles. The molecule has 3 amide bonds. The van der Waals surface area contributed by atoms with Crippen molar-refractivity contribution in [2.75, 3.05) is 19.7 Å². The lowest BCUT2D eigenvalue weighted by Crippen LogP contribution is -2.50.